The monoisotopic (exact) mass is 272 g/mol. The predicted octanol–water partition coefficient (Wildman–Crippen LogP) is 2.41. The fraction of sp³-hybridized carbons (Fsp3) is 0.222. The Balaban J connectivity index is 3.64. The van der Waals surface area contributed by atoms with Crippen molar-refractivity contribution < 1.29 is 31.1 Å². The van der Waals surface area contributed by atoms with Crippen LogP contribution in [-0.2, 0) is 12.4 Å². The minimum atomic E-state index is -5.17. The standard InChI is InChI=1S/C9H6F6N2O/c10-8(11,12)3-1-4(9(13,14)15)6(7(17)18)5(16)2-3/h1-2H,16H2,(H2,17,18). The van der Waals surface area contributed by atoms with Crippen LogP contribution in [0.15, 0.2) is 12.1 Å². The minimum absolute atomic E-state index is 0.198. The van der Waals surface area contributed by atoms with E-state index in [9.17, 15) is 31.1 Å². The molecule has 0 heterocycles. The van der Waals surface area contributed by atoms with E-state index >= 15 is 0 Å². The number of amides is 1. The van der Waals surface area contributed by atoms with Crippen LogP contribution in [0.3, 0.4) is 0 Å². The van der Waals surface area contributed by atoms with Crippen LogP contribution < -0.4 is 11.5 Å². The Morgan fingerprint density at radius 1 is 1.00 bits per heavy atom. The summed E-state index contributed by atoms with van der Waals surface area (Å²) in [7, 11) is 0. The number of alkyl halides is 6. The molecule has 1 rings (SSSR count). The molecule has 0 aliphatic rings. The molecule has 1 aromatic carbocycles. The average molecular weight is 272 g/mol. The van der Waals surface area contributed by atoms with E-state index in [4.69, 9.17) is 5.73 Å². The van der Waals surface area contributed by atoms with Gasteiger partial charge in [0, 0.05) is 5.69 Å². The number of benzene rings is 1. The molecular weight excluding hydrogens is 266 g/mol. The maximum Gasteiger partial charge on any atom is 0.417 e. The molecular formula is C9H6F6N2O. The molecule has 0 bridgehead atoms. The molecule has 0 aliphatic heterocycles. The normalized spacial score (nSPS) is 12.6. The molecule has 0 fully saturated rings. The van der Waals surface area contributed by atoms with Crippen molar-refractivity contribution >= 4 is 11.6 Å². The lowest BCUT2D eigenvalue weighted by Gasteiger charge is -2.16. The van der Waals surface area contributed by atoms with Crippen molar-refractivity contribution in [3.63, 3.8) is 0 Å². The first-order valence-corrected chi connectivity index (χ1v) is 4.32. The Labute approximate surface area is 96.4 Å². The second-order valence-electron chi connectivity index (χ2n) is 3.35. The third-order valence-electron chi connectivity index (χ3n) is 2.05. The largest absolute Gasteiger partial charge is 0.417 e. The molecule has 0 radical (unpaired) electrons. The zero-order valence-corrected chi connectivity index (χ0v) is 8.49. The second-order valence-corrected chi connectivity index (χ2v) is 3.35. The summed E-state index contributed by atoms with van der Waals surface area (Å²) in [4.78, 5) is 10.8. The van der Waals surface area contributed by atoms with Crippen LogP contribution in [0.1, 0.15) is 21.5 Å². The molecule has 4 N–H and O–H groups in total. The van der Waals surface area contributed by atoms with E-state index in [1.54, 1.807) is 0 Å². The summed E-state index contributed by atoms with van der Waals surface area (Å²) < 4.78 is 74.6. The zero-order chi connectivity index (χ0) is 14.3. The molecule has 0 aliphatic carbocycles. The fourth-order valence-electron chi connectivity index (χ4n) is 1.33. The third-order valence-corrected chi connectivity index (χ3v) is 2.05. The molecule has 0 saturated heterocycles. The second kappa shape index (κ2) is 4.07. The van der Waals surface area contributed by atoms with Crippen molar-refractivity contribution in [1.29, 1.82) is 0 Å². The van der Waals surface area contributed by atoms with Crippen LogP contribution in [-0.4, -0.2) is 5.91 Å². The maximum atomic E-state index is 12.5. The zero-order valence-electron chi connectivity index (χ0n) is 8.49. The van der Waals surface area contributed by atoms with Crippen LogP contribution in [0.5, 0.6) is 0 Å². The third kappa shape index (κ3) is 2.66. The van der Waals surface area contributed by atoms with Gasteiger partial charge in [-0.25, -0.2) is 0 Å². The topological polar surface area (TPSA) is 69.1 Å². The summed E-state index contributed by atoms with van der Waals surface area (Å²) in [5.41, 5.74) is 4.14. The van der Waals surface area contributed by atoms with Gasteiger partial charge in [0.05, 0.1) is 16.7 Å². The van der Waals surface area contributed by atoms with Crippen LogP contribution in [0.4, 0.5) is 32.0 Å². The van der Waals surface area contributed by atoms with Crippen molar-refractivity contribution in [1.82, 2.24) is 0 Å². The number of carbonyl (C=O) groups excluding carboxylic acids is 1. The molecule has 0 spiro atoms. The number of hydrogen-bond acceptors (Lipinski definition) is 2. The molecule has 0 atom stereocenters. The summed E-state index contributed by atoms with van der Waals surface area (Å²) in [6.45, 7) is 0. The Kier molecular flexibility index (Phi) is 3.20. The van der Waals surface area contributed by atoms with Gasteiger partial charge in [-0.15, -0.1) is 0 Å². The molecule has 0 unspecified atom stereocenters. The summed E-state index contributed by atoms with van der Waals surface area (Å²) in [6, 6.07) is 0.0335. The smallest absolute Gasteiger partial charge is 0.398 e. The molecule has 1 aromatic rings. The highest BCUT2D eigenvalue weighted by Gasteiger charge is 2.40. The Bertz CT molecular complexity index is 491. The summed E-state index contributed by atoms with van der Waals surface area (Å²) in [5, 5.41) is 0. The van der Waals surface area contributed by atoms with Crippen molar-refractivity contribution in [2.24, 2.45) is 5.73 Å². The van der Waals surface area contributed by atoms with E-state index in [2.05, 4.69) is 5.73 Å². The van der Waals surface area contributed by atoms with Gasteiger partial charge in [0.2, 0.25) is 0 Å². The molecule has 100 valence electrons. The van der Waals surface area contributed by atoms with Crippen molar-refractivity contribution in [2.75, 3.05) is 5.73 Å². The molecule has 0 saturated carbocycles. The fourth-order valence-corrected chi connectivity index (χ4v) is 1.33. The van der Waals surface area contributed by atoms with Gasteiger partial charge < -0.3 is 11.5 Å². The maximum absolute atomic E-state index is 12.5. The summed E-state index contributed by atoms with van der Waals surface area (Å²) in [6.07, 6.45) is -10.2. The lowest BCUT2D eigenvalue weighted by atomic mass is 10.0. The van der Waals surface area contributed by atoms with Gasteiger partial charge in [0.25, 0.3) is 5.91 Å². The SMILES string of the molecule is NC(=O)c1c(N)cc(C(F)(F)F)cc1C(F)(F)F. The van der Waals surface area contributed by atoms with E-state index in [0.29, 0.717) is 0 Å². The molecule has 9 heteroatoms. The van der Waals surface area contributed by atoms with E-state index < -0.39 is 40.6 Å². The van der Waals surface area contributed by atoms with E-state index in [-0.39, 0.29) is 12.1 Å². The predicted molar refractivity (Wildman–Crippen MR) is 49.4 cm³/mol. The average Bonchev–Trinajstić information content (AvgIpc) is 2.12. The quantitative estimate of drug-likeness (QED) is 0.608. The number of rotatable bonds is 1. The first-order valence-electron chi connectivity index (χ1n) is 4.32. The van der Waals surface area contributed by atoms with Gasteiger partial charge in [-0.3, -0.25) is 4.79 Å². The van der Waals surface area contributed by atoms with E-state index in [1.807, 2.05) is 0 Å². The summed E-state index contributed by atoms with van der Waals surface area (Å²) in [5.74, 6) is -1.55. The van der Waals surface area contributed by atoms with Crippen LogP contribution in [0, 0.1) is 0 Å². The van der Waals surface area contributed by atoms with Crippen molar-refractivity contribution in [3.05, 3.63) is 28.8 Å². The molecule has 18 heavy (non-hydrogen) atoms. The van der Waals surface area contributed by atoms with Crippen molar-refractivity contribution in [3.8, 4) is 0 Å². The van der Waals surface area contributed by atoms with E-state index in [0.717, 1.165) is 0 Å². The number of hydrogen-bond donors (Lipinski definition) is 2. The van der Waals surface area contributed by atoms with Gasteiger partial charge in [0.1, 0.15) is 0 Å². The minimum Gasteiger partial charge on any atom is -0.398 e. The van der Waals surface area contributed by atoms with Gasteiger partial charge in [-0.05, 0) is 12.1 Å². The van der Waals surface area contributed by atoms with Crippen LogP contribution >= 0.6 is 0 Å². The van der Waals surface area contributed by atoms with Gasteiger partial charge >= 0.3 is 12.4 Å². The first-order chi connectivity index (χ1) is 7.94. The first kappa shape index (κ1) is 14.1. The lowest BCUT2D eigenvalue weighted by Crippen LogP contribution is -2.22. The molecule has 1 amide bonds. The number of carbonyl (C=O) groups is 1. The van der Waals surface area contributed by atoms with Crippen LogP contribution in [0.25, 0.3) is 0 Å². The summed E-state index contributed by atoms with van der Waals surface area (Å²) >= 11 is 0. The Morgan fingerprint density at radius 3 is 1.83 bits per heavy atom. The van der Waals surface area contributed by atoms with Gasteiger partial charge in [-0.2, -0.15) is 26.3 Å². The highest BCUT2D eigenvalue weighted by atomic mass is 19.4. The lowest BCUT2D eigenvalue weighted by molar-refractivity contribution is -0.143. The van der Waals surface area contributed by atoms with Gasteiger partial charge in [0.15, 0.2) is 0 Å². The van der Waals surface area contributed by atoms with E-state index in [1.165, 1.54) is 0 Å². The molecule has 0 aromatic heterocycles. The highest BCUT2D eigenvalue weighted by Crippen LogP contribution is 2.39. The van der Waals surface area contributed by atoms with Crippen molar-refractivity contribution in [2.45, 2.75) is 12.4 Å². The highest BCUT2D eigenvalue weighted by molar-refractivity contribution is 5.99. The van der Waals surface area contributed by atoms with Crippen LogP contribution in [0.2, 0.25) is 0 Å². The number of primary amides is 1. The number of anilines is 1. The number of nitrogens with two attached hydrogens (primary N) is 2. The number of nitrogen functional groups attached to an aromatic ring is 1. The van der Waals surface area contributed by atoms with Gasteiger partial charge in [-0.1, -0.05) is 0 Å². The Morgan fingerprint density at radius 2 is 1.50 bits per heavy atom. The number of halogens is 6. The molecule has 3 nitrogen and oxygen atoms in total. The Hall–Kier alpha value is -1.93.